The number of nitrogens with one attached hydrogen (secondary N) is 2. The summed E-state index contributed by atoms with van der Waals surface area (Å²) in [7, 11) is 0. The number of hydrogen-bond donors (Lipinski definition) is 2. The van der Waals surface area contributed by atoms with Crippen LogP contribution in [0.4, 0.5) is 13.2 Å². The zero-order valence-electron chi connectivity index (χ0n) is 16.2. The monoisotopic (exact) mass is 542 g/mol. The first-order valence-corrected chi connectivity index (χ1v) is 10.0. The van der Waals surface area contributed by atoms with Crippen molar-refractivity contribution in [2.45, 2.75) is 39.1 Å². The third kappa shape index (κ3) is 10.3. The Balaban J connectivity index is 0.00000420. The summed E-state index contributed by atoms with van der Waals surface area (Å²) in [6, 6.07) is 10.0. The normalized spacial score (nSPS) is 11.8. The molecular formula is C19H26F3IN4OS. The van der Waals surface area contributed by atoms with Gasteiger partial charge in [0.1, 0.15) is 5.01 Å². The smallest absolute Gasteiger partial charge is 0.377 e. The van der Waals surface area contributed by atoms with Gasteiger partial charge < -0.3 is 15.4 Å². The van der Waals surface area contributed by atoms with Gasteiger partial charge in [0.2, 0.25) is 0 Å². The van der Waals surface area contributed by atoms with Crippen molar-refractivity contribution in [1.29, 1.82) is 0 Å². The van der Waals surface area contributed by atoms with Gasteiger partial charge in [0, 0.05) is 25.1 Å². The molecule has 0 saturated heterocycles. The molecule has 0 fully saturated rings. The minimum absolute atomic E-state index is 0. The lowest BCUT2D eigenvalue weighted by Gasteiger charge is -2.11. The molecule has 29 heavy (non-hydrogen) atoms. The molecule has 0 aliphatic heterocycles. The SMILES string of the molecule is CCNC(=NCc1nc(C(F)(F)F)cs1)NCCCCOCc1ccccc1.I. The summed E-state index contributed by atoms with van der Waals surface area (Å²) in [4.78, 5) is 7.88. The summed E-state index contributed by atoms with van der Waals surface area (Å²) in [5, 5.41) is 7.60. The molecule has 1 aromatic carbocycles. The number of unbranched alkanes of at least 4 members (excludes halogenated alkanes) is 1. The van der Waals surface area contributed by atoms with Crippen LogP contribution in [0, 0.1) is 0 Å². The lowest BCUT2D eigenvalue weighted by molar-refractivity contribution is -0.140. The molecule has 0 amide bonds. The Morgan fingerprint density at radius 3 is 2.59 bits per heavy atom. The maximum absolute atomic E-state index is 12.6. The number of aliphatic imine (C=N–C) groups is 1. The van der Waals surface area contributed by atoms with E-state index in [9.17, 15) is 13.2 Å². The fourth-order valence-corrected chi connectivity index (χ4v) is 3.03. The van der Waals surface area contributed by atoms with E-state index in [1.54, 1.807) is 0 Å². The number of thiazole rings is 1. The molecule has 0 radical (unpaired) electrons. The Labute approximate surface area is 190 Å². The van der Waals surface area contributed by atoms with E-state index in [-0.39, 0.29) is 30.5 Å². The fraction of sp³-hybridized carbons (Fsp3) is 0.474. The summed E-state index contributed by atoms with van der Waals surface area (Å²) >= 11 is 0.962. The van der Waals surface area contributed by atoms with Crippen molar-refractivity contribution in [2.75, 3.05) is 19.7 Å². The van der Waals surface area contributed by atoms with Crippen LogP contribution in [0.1, 0.15) is 36.0 Å². The Hall–Kier alpha value is -1.40. The van der Waals surface area contributed by atoms with Crippen LogP contribution in [-0.4, -0.2) is 30.6 Å². The largest absolute Gasteiger partial charge is 0.434 e. The Morgan fingerprint density at radius 1 is 1.17 bits per heavy atom. The van der Waals surface area contributed by atoms with Crippen molar-refractivity contribution in [3.05, 3.63) is 52.0 Å². The van der Waals surface area contributed by atoms with Gasteiger partial charge >= 0.3 is 6.18 Å². The standard InChI is InChI=1S/C19H25F3N4OS.HI/c1-2-23-18(25-12-17-26-16(14-28-17)19(20,21)22)24-10-6-7-11-27-13-15-8-4-3-5-9-15;/h3-5,8-9,14H,2,6-7,10-13H2,1H3,(H2,23,24,25);1H. The molecule has 2 aromatic rings. The van der Waals surface area contributed by atoms with E-state index < -0.39 is 11.9 Å². The lowest BCUT2D eigenvalue weighted by atomic mass is 10.2. The second-order valence-corrected chi connectivity index (χ2v) is 6.93. The number of nitrogens with zero attached hydrogens (tertiary/aromatic N) is 2. The van der Waals surface area contributed by atoms with E-state index in [2.05, 4.69) is 20.6 Å². The Morgan fingerprint density at radius 2 is 1.93 bits per heavy atom. The van der Waals surface area contributed by atoms with Crippen molar-refractivity contribution < 1.29 is 17.9 Å². The maximum atomic E-state index is 12.6. The molecule has 5 nitrogen and oxygen atoms in total. The highest BCUT2D eigenvalue weighted by molar-refractivity contribution is 14.0. The molecule has 1 aromatic heterocycles. The number of alkyl halides is 3. The van der Waals surface area contributed by atoms with Crippen LogP contribution in [0.25, 0.3) is 0 Å². The number of halogens is 4. The first-order valence-electron chi connectivity index (χ1n) is 9.14. The van der Waals surface area contributed by atoms with Gasteiger partial charge in [0.05, 0.1) is 13.2 Å². The molecule has 162 valence electrons. The van der Waals surface area contributed by atoms with Crippen LogP contribution >= 0.6 is 35.3 Å². The van der Waals surface area contributed by atoms with Gasteiger partial charge in [-0.15, -0.1) is 35.3 Å². The van der Waals surface area contributed by atoms with E-state index in [4.69, 9.17) is 4.74 Å². The second kappa shape index (κ2) is 13.8. The number of aromatic nitrogens is 1. The minimum Gasteiger partial charge on any atom is -0.377 e. The van der Waals surface area contributed by atoms with Crippen molar-refractivity contribution in [2.24, 2.45) is 4.99 Å². The van der Waals surface area contributed by atoms with E-state index in [0.717, 1.165) is 35.1 Å². The Kier molecular flexibility index (Phi) is 12.2. The number of guanidine groups is 1. The van der Waals surface area contributed by atoms with Crippen LogP contribution in [0.5, 0.6) is 0 Å². The van der Waals surface area contributed by atoms with Gasteiger partial charge in [-0.25, -0.2) is 9.98 Å². The summed E-state index contributed by atoms with van der Waals surface area (Å²) < 4.78 is 43.4. The van der Waals surface area contributed by atoms with Gasteiger partial charge in [0.25, 0.3) is 0 Å². The molecule has 0 spiro atoms. The predicted molar refractivity (Wildman–Crippen MR) is 121 cm³/mol. The number of benzene rings is 1. The first kappa shape index (κ1) is 25.6. The van der Waals surface area contributed by atoms with Crippen LogP contribution < -0.4 is 10.6 Å². The van der Waals surface area contributed by atoms with Crippen molar-refractivity contribution >= 4 is 41.3 Å². The number of rotatable bonds is 10. The Bertz CT molecular complexity index is 726. The average molecular weight is 542 g/mol. The minimum atomic E-state index is -4.41. The number of ether oxygens (including phenoxy) is 1. The van der Waals surface area contributed by atoms with Crippen LogP contribution in [0.2, 0.25) is 0 Å². The first-order chi connectivity index (χ1) is 13.5. The average Bonchev–Trinajstić information content (AvgIpc) is 3.15. The van der Waals surface area contributed by atoms with E-state index in [1.165, 1.54) is 0 Å². The van der Waals surface area contributed by atoms with Gasteiger partial charge in [-0.3, -0.25) is 0 Å². The molecule has 2 N–H and O–H groups in total. The van der Waals surface area contributed by atoms with E-state index >= 15 is 0 Å². The van der Waals surface area contributed by atoms with E-state index in [0.29, 0.717) is 37.3 Å². The molecule has 0 bridgehead atoms. The van der Waals surface area contributed by atoms with Crippen molar-refractivity contribution in [3.8, 4) is 0 Å². The van der Waals surface area contributed by atoms with Gasteiger partial charge in [-0.2, -0.15) is 13.2 Å². The quantitative estimate of drug-likeness (QED) is 0.196. The van der Waals surface area contributed by atoms with Crippen LogP contribution in [0.15, 0.2) is 40.7 Å². The molecule has 0 atom stereocenters. The van der Waals surface area contributed by atoms with Gasteiger partial charge in [-0.1, -0.05) is 30.3 Å². The van der Waals surface area contributed by atoms with Crippen molar-refractivity contribution in [3.63, 3.8) is 0 Å². The zero-order chi connectivity index (χ0) is 20.2. The summed E-state index contributed by atoms with van der Waals surface area (Å²) in [5.74, 6) is 0.566. The van der Waals surface area contributed by atoms with Gasteiger partial charge in [-0.05, 0) is 25.3 Å². The molecule has 10 heteroatoms. The highest BCUT2D eigenvalue weighted by Gasteiger charge is 2.33. The summed E-state index contributed by atoms with van der Waals surface area (Å²) in [6.45, 7) is 4.68. The third-order valence-corrected chi connectivity index (χ3v) is 4.51. The number of hydrogen-bond acceptors (Lipinski definition) is 4. The molecule has 1 heterocycles. The molecule has 2 rings (SSSR count). The lowest BCUT2D eigenvalue weighted by Crippen LogP contribution is -2.37. The summed E-state index contributed by atoms with van der Waals surface area (Å²) in [6.07, 6.45) is -2.61. The highest BCUT2D eigenvalue weighted by Crippen LogP contribution is 2.30. The van der Waals surface area contributed by atoms with Crippen molar-refractivity contribution in [1.82, 2.24) is 15.6 Å². The predicted octanol–water partition coefficient (Wildman–Crippen LogP) is 4.83. The van der Waals surface area contributed by atoms with Gasteiger partial charge in [0.15, 0.2) is 11.7 Å². The maximum Gasteiger partial charge on any atom is 0.434 e. The topological polar surface area (TPSA) is 58.5 Å². The summed E-state index contributed by atoms with van der Waals surface area (Å²) in [5.41, 5.74) is 0.286. The molecular weight excluding hydrogens is 516 g/mol. The molecule has 0 saturated carbocycles. The molecule has 0 aliphatic carbocycles. The third-order valence-electron chi connectivity index (χ3n) is 3.68. The molecule has 0 aliphatic rings. The van der Waals surface area contributed by atoms with E-state index in [1.807, 2.05) is 37.3 Å². The molecule has 0 unspecified atom stereocenters. The fourth-order valence-electron chi connectivity index (χ4n) is 2.30. The second-order valence-electron chi connectivity index (χ2n) is 5.99. The highest BCUT2D eigenvalue weighted by atomic mass is 127. The van der Waals surface area contributed by atoms with Crippen LogP contribution in [-0.2, 0) is 24.1 Å². The zero-order valence-corrected chi connectivity index (χ0v) is 19.3. The van der Waals surface area contributed by atoms with Crippen LogP contribution in [0.3, 0.4) is 0 Å².